The van der Waals surface area contributed by atoms with Crippen LogP contribution in [0.2, 0.25) is 0 Å². The van der Waals surface area contributed by atoms with Crippen LogP contribution in [0.15, 0.2) is 0 Å². The lowest BCUT2D eigenvalue weighted by Gasteiger charge is -2.15. The molecule has 0 amide bonds. The van der Waals surface area contributed by atoms with Crippen LogP contribution in [0.1, 0.15) is 12.8 Å². The zero-order chi connectivity index (χ0) is 11.5. The molecular weight excluding hydrogens is 264 g/mol. The van der Waals surface area contributed by atoms with E-state index in [-0.39, 0.29) is 6.54 Å². The fourth-order valence-electron chi connectivity index (χ4n) is 1.31. The Morgan fingerprint density at radius 1 is 1.13 bits per heavy atom. The van der Waals surface area contributed by atoms with Gasteiger partial charge in [-0.05, 0) is 12.8 Å². The molecule has 1 fully saturated rings. The van der Waals surface area contributed by atoms with Gasteiger partial charge in [0.15, 0.2) is 0 Å². The number of hydrogen-bond acceptors (Lipinski definition) is 4. The van der Waals surface area contributed by atoms with Crippen molar-refractivity contribution < 1.29 is 16.8 Å². The van der Waals surface area contributed by atoms with Crippen LogP contribution in [0.3, 0.4) is 0 Å². The molecule has 0 bridgehead atoms. The van der Waals surface area contributed by atoms with Gasteiger partial charge in [0.05, 0.1) is 5.75 Å². The number of halogens is 1. The first-order valence-electron chi connectivity index (χ1n) is 4.48. The van der Waals surface area contributed by atoms with Crippen LogP contribution >= 0.6 is 10.7 Å². The van der Waals surface area contributed by atoms with Gasteiger partial charge in [-0.2, -0.15) is 12.7 Å². The maximum Gasteiger partial charge on any atom is 0.279 e. The Labute approximate surface area is 94.2 Å². The molecule has 0 unspecified atom stereocenters. The lowest BCUT2D eigenvalue weighted by Crippen LogP contribution is -2.40. The third-order valence-electron chi connectivity index (χ3n) is 2.04. The van der Waals surface area contributed by atoms with Gasteiger partial charge >= 0.3 is 0 Å². The van der Waals surface area contributed by atoms with Crippen molar-refractivity contribution in [2.45, 2.75) is 12.8 Å². The van der Waals surface area contributed by atoms with Gasteiger partial charge < -0.3 is 0 Å². The Hall–Kier alpha value is 0.110. The van der Waals surface area contributed by atoms with E-state index in [9.17, 15) is 16.8 Å². The van der Waals surface area contributed by atoms with Crippen molar-refractivity contribution in [3.05, 3.63) is 0 Å². The highest BCUT2D eigenvalue weighted by Crippen LogP contribution is 2.10. The zero-order valence-electron chi connectivity index (χ0n) is 8.02. The van der Waals surface area contributed by atoms with Gasteiger partial charge in [-0.1, -0.05) is 0 Å². The predicted molar refractivity (Wildman–Crippen MR) is 57.4 cm³/mol. The third-order valence-corrected chi connectivity index (χ3v) is 4.80. The average Bonchev–Trinajstić information content (AvgIpc) is 2.52. The largest absolute Gasteiger partial charge is 0.279 e. The normalized spacial score (nSPS) is 19.5. The summed E-state index contributed by atoms with van der Waals surface area (Å²) in [7, 11) is -2.22. The number of nitrogens with zero attached hydrogens (tertiary/aromatic N) is 1. The second-order valence-electron chi connectivity index (χ2n) is 3.25. The summed E-state index contributed by atoms with van der Waals surface area (Å²) in [5, 5.41) is 0. The van der Waals surface area contributed by atoms with Crippen molar-refractivity contribution in [1.29, 1.82) is 0 Å². The minimum atomic E-state index is -3.64. The molecule has 0 saturated carbocycles. The third kappa shape index (κ3) is 4.64. The highest BCUT2D eigenvalue weighted by Gasteiger charge is 2.24. The highest BCUT2D eigenvalue weighted by atomic mass is 35.7. The average molecular weight is 277 g/mol. The Kier molecular flexibility index (Phi) is 4.36. The lowest BCUT2D eigenvalue weighted by atomic mass is 10.4. The van der Waals surface area contributed by atoms with Crippen molar-refractivity contribution in [2.24, 2.45) is 0 Å². The molecule has 0 aromatic rings. The maximum absolute atomic E-state index is 11.5. The van der Waals surface area contributed by atoms with E-state index in [1.165, 1.54) is 4.31 Å². The minimum Gasteiger partial charge on any atom is -0.212 e. The summed E-state index contributed by atoms with van der Waals surface area (Å²) in [5.74, 6) is -0.401. The van der Waals surface area contributed by atoms with Gasteiger partial charge in [0.2, 0.25) is 9.05 Å². The van der Waals surface area contributed by atoms with E-state index in [0.29, 0.717) is 13.1 Å². The molecule has 15 heavy (non-hydrogen) atoms. The van der Waals surface area contributed by atoms with Crippen molar-refractivity contribution in [1.82, 2.24) is 9.03 Å². The van der Waals surface area contributed by atoms with E-state index in [0.717, 1.165) is 12.8 Å². The summed E-state index contributed by atoms with van der Waals surface area (Å²) >= 11 is 0. The Bertz CT molecular complexity index is 399. The van der Waals surface area contributed by atoms with E-state index in [4.69, 9.17) is 10.7 Å². The quantitative estimate of drug-likeness (QED) is 0.685. The van der Waals surface area contributed by atoms with E-state index < -0.39 is 25.0 Å². The fraction of sp³-hybridized carbons (Fsp3) is 1.00. The van der Waals surface area contributed by atoms with Gasteiger partial charge in [-0.25, -0.2) is 13.1 Å². The van der Waals surface area contributed by atoms with Gasteiger partial charge in [0.25, 0.3) is 10.2 Å². The Morgan fingerprint density at radius 2 is 1.67 bits per heavy atom. The monoisotopic (exact) mass is 276 g/mol. The standard InChI is InChI=1S/C6H13ClN2O4S2/c7-14(10,11)6-3-8-15(12,13)9-4-1-2-5-9/h8H,1-6H2. The predicted octanol–water partition coefficient (Wildman–Crippen LogP) is -0.515. The first kappa shape index (κ1) is 13.2. The summed E-state index contributed by atoms with van der Waals surface area (Å²) in [6, 6.07) is 0. The van der Waals surface area contributed by atoms with Crippen molar-refractivity contribution in [3.8, 4) is 0 Å². The molecule has 0 aliphatic carbocycles. The van der Waals surface area contributed by atoms with Crippen LogP contribution in [0.25, 0.3) is 0 Å². The molecule has 1 saturated heterocycles. The van der Waals surface area contributed by atoms with Crippen LogP contribution in [0, 0.1) is 0 Å². The molecule has 1 aliphatic heterocycles. The topological polar surface area (TPSA) is 83.5 Å². The number of rotatable bonds is 5. The van der Waals surface area contributed by atoms with Gasteiger partial charge in [-0.15, -0.1) is 0 Å². The van der Waals surface area contributed by atoms with Crippen LogP contribution in [0.4, 0.5) is 0 Å². The summed E-state index contributed by atoms with van der Waals surface area (Å²) in [6.45, 7) is 0.788. The Balaban J connectivity index is 2.43. The first-order valence-corrected chi connectivity index (χ1v) is 8.40. The second-order valence-corrected chi connectivity index (χ2v) is 7.90. The smallest absolute Gasteiger partial charge is 0.212 e. The van der Waals surface area contributed by atoms with Crippen molar-refractivity contribution >= 4 is 29.9 Å². The molecule has 9 heteroatoms. The minimum absolute atomic E-state index is 0.190. The zero-order valence-corrected chi connectivity index (χ0v) is 10.4. The fourth-order valence-corrected chi connectivity index (χ4v) is 3.30. The second kappa shape index (κ2) is 4.96. The van der Waals surface area contributed by atoms with E-state index in [1.54, 1.807) is 0 Å². The summed E-state index contributed by atoms with van der Waals surface area (Å²) in [4.78, 5) is 0. The summed E-state index contributed by atoms with van der Waals surface area (Å²) in [5.41, 5.74) is 0. The van der Waals surface area contributed by atoms with Gasteiger partial charge in [0.1, 0.15) is 0 Å². The molecule has 1 rings (SSSR count). The van der Waals surface area contributed by atoms with Crippen molar-refractivity contribution in [3.63, 3.8) is 0 Å². The highest BCUT2D eigenvalue weighted by molar-refractivity contribution is 8.13. The van der Waals surface area contributed by atoms with E-state index >= 15 is 0 Å². The summed E-state index contributed by atoms with van der Waals surface area (Å²) < 4.78 is 47.6. The van der Waals surface area contributed by atoms with E-state index in [2.05, 4.69) is 4.72 Å². The van der Waals surface area contributed by atoms with E-state index in [1.807, 2.05) is 0 Å². The molecule has 1 N–H and O–H groups in total. The molecule has 1 heterocycles. The maximum atomic E-state index is 11.5. The molecule has 0 atom stereocenters. The summed E-state index contributed by atoms with van der Waals surface area (Å²) in [6.07, 6.45) is 1.68. The molecule has 0 radical (unpaired) electrons. The van der Waals surface area contributed by atoms with Crippen LogP contribution in [-0.2, 0) is 19.3 Å². The van der Waals surface area contributed by atoms with Gasteiger partial charge in [-0.3, -0.25) is 0 Å². The molecule has 0 aromatic carbocycles. The molecular formula is C6H13ClN2O4S2. The molecule has 6 nitrogen and oxygen atoms in total. The molecule has 0 spiro atoms. The number of nitrogens with one attached hydrogen (secondary N) is 1. The first-order chi connectivity index (χ1) is 6.81. The van der Waals surface area contributed by atoms with Crippen molar-refractivity contribution in [2.75, 3.05) is 25.4 Å². The van der Waals surface area contributed by atoms with Crippen LogP contribution < -0.4 is 4.72 Å². The number of hydrogen-bond donors (Lipinski definition) is 1. The van der Waals surface area contributed by atoms with Gasteiger partial charge in [0, 0.05) is 30.3 Å². The van der Waals surface area contributed by atoms with Crippen LogP contribution in [0.5, 0.6) is 0 Å². The molecule has 0 aromatic heterocycles. The molecule has 90 valence electrons. The SMILES string of the molecule is O=S(=O)(Cl)CCNS(=O)(=O)N1CCCC1. The molecule has 1 aliphatic rings. The van der Waals surface area contributed by atoms with Crippen LogP contribution in [-0.4, -0.2) is 46.5 Å². The lowest BCUT2D eigenvalue weighted by molar-refractivity contribution is 0.466. The Morgan fingerprint density at radius 3 is 2.13 bits per heavy atom.